The first kappa shape index (κ1) is 13.5. The van der Waals surface area contributed by atoms with Gasteiger partial charge in [-0.2, -0.15) is 0 Å². The van der Waals surface area contributed by atoms with Gasteiger partial charge in [0.05, 0.1) is 13.7 Å². The monoisotopic (exact) mass is 237 g/mol. The Hall–Kier alpha value is -1.55. The molecule has 0 heterocycles. The molecule has 4 nitrogen and oxygen atoms in total. The van der Waals surface area contributed by atoms with Gasteiger partial charge in [0.2, 0.25) is 0 Å². The summed E-state index contributed by atoms with van der Waals surface area (Å²) in [7, 11) is 1.39. The van der Waals surface area contributed by atoms with Crippen molar-refractivity contribution in [3.63, 3.8) is 0 Å². The van der Waals surface area contributed by atoms with Crippen LogP contribution in [0.2, 0.25) is 0 Å². The van der Waals surface area contributed by atoms with Gasteiger partial charge < -0.3 is 14.8 Å². The minimum atomic E-state index is -0.299. The summed E-state index contributed by atoms with van der Waals surface area (Å²) in [5, 5.41) is 3.09. The van der Waals surface area contributed by atoms with Crippen LogP contribution in [0.4, 0.5) is 0 Å². The van der Waals surface area contributed by atoms with Gasteiger partial charge in [0.25, 0.3) is 0 Å². The smallest absolute Gasteiger partial charge is 0.322 e. The van der Waals surface area contributed by atoms with E-state index in [0.717, 1.165) is 11.3 Å². The fraction of sp³-hybridized carbons (Fsp3) is 0.462. The molecule has 1 aromatic rings. The second kappa shape index (κ2) is 6.91. The zero-order chi connectivity index (χ0) is 12.7. The minimum absolute atomic E-state index is 0.254. The molecule has 0 spiro atoms. The van der Waals surface area contributed by atoms with Gasteiger partial charge in [0.15, 0.2) is 0 Å². The number of rotatable bonds is 6. The molecule has 0 saturated heterocycles. The first-order valence-electron chi connectivity index (χ1n) is 5.70. The molecule has 0 aliphatic rings. The summed E-state index contributed by atoms with van der Waals surface area (Å²) in [4.78, 5) is 11.2. The fourth-order valence-electron chi connectivity index (χ4n) is 1.40. The Labute approximate surface area is 102 Å². The minimum Gasteiger partial charge on any atom is -0.494 e. The number of carbonyl (C=O) groups is 1. The Morgan fingerprint density at radius 1 is 1.35 bits per heavy atom. The first-order valence-corrected chi connectivity index (χ1v) is 5.70. The van der Waals surface area contributed by atoms with E-state index in [4.69, 9.17) is 4.74 Å². The Balaban J connectivity index is 2.44. The van der Waals surface area contributed by atoms with Crippen molar-refractivity contribution in [1.29, 1.82) is 0 Å². The zero-order valence-electron chi connectivity index (χ0n) is 10.5. The maximum absolute atomic E-state index is 11.2. The van der Waals surface area contributed by atoms with Gasteiger partial charge in [-0.3, -0.25) is 4.79 Å². The Bertz CT molecular complexity index is 348. The van der Waals surface area contributed by atoms with Gasteiger partial charge in [-0.25, -0.2) is 0 Å². The lowest BCUT2D eigenvalue weighted by Gasteiger charge is -2.11. The van der Waals surface area contributed by atoms with Crippen LogP contribution in [0.25, 0.3) is 0 Å². The summed E-state index contributed by atoms with van der Waals surface area (Å²) in [6.45, 7) is 5.02. The van der Waals surface area contributed by atoms with Crippen molar-refractivity contribution < 1.29 is 14.3 Å². The van der Waals surface area contributed by atoms with E-state index in [1.807, 2.05) is 31.2 Å². The van der Waals surface area contributed by atoms with Crippen molar-refractivity contribution in [3.05, 3.63) is 29.8 Å². The van der Waals surface area contributed by atoms with E-state index in [9.17, 15) is 4.79 Å². The predicted octanol–water partition coefficient (Wildman–Crippen LogP) is 1.74. The van der Waals surface area contributed by atoms with E-state index in [1.165, 1.54) is 7.11 Å². The van der Waals surface area contributed by atoms with Gasteiger partial charge in [-0.15, -0.1) is 0 Å². The summed E-state index contributed by atoms with van der Waals surface area (Å²) in [6.07, 6.45) is 0. The molecule has 0 amide bonds. The predicted molar refractivity (Wildman–Crippen MR) is 65.9 cm³/mol. The molecule has 0 aliphatic carbocycles. The molecule has 1 aromatic carbocycles. The lowest BCUT2D eigenvalue weighted by atomic mass is 10.2. The van der Waals surface area contributed by atoms with Crippen LogP contribution >= 0.6 is 0 Å². The van der Waals surface area contributed by atoms with Crippen molar-refractivity contribution in [3.8, 4) is 5.75 Å². The average molecular weight is 237 g/mol. The van der Waals surface area contributed by atoms with Gasteiger partial charge in [0.1, 0.15) is 11.8 Å². The number of hydrogen-bond donors (Lipinski definition) is 1. The van der Waals surface area contributed by atoms with Crippen molar-refractivity contribution in [2.45, 2.75) is 26.4 Å². The van der Waals surface area contributed by atoms with Crippen molar-refractivity contribution in [2.75, 3.05) is 13.7 Å². The highest BCUT2D eigenvalue weighted by atomic mass is 16.5. The van der Waals surface area contributed by atoms with Crippen LogP contribution in [-0.4, -0.2) is 25.7 Å². The third-order valence-corrected chi connectivity index (χ3v) is 2.40. The number of hydrogen-bond acceptors (Lipinski definition) is 4. The van der Waals surface area contributed by atoms with E-state index in [2.05, 4.69) is 10.1 Å². The maximum atomic E-state index is 11.2. The molecule has 0 radical (unpaired) electrons. The molecule has 4 heteroatoms. The summed E-state index contributed by atoms with van der Waals surface area (Å²) in [5.41, 5.74) is 1.10. The topological polar surface area (TPSA) is 47.6 Å². The van der Waals surface area contributed by atoms with E-state index in [-0.39, 0.29) is 12.0 Å². The van der Waals surface area contributed by atoms with Gasteiger partial charge in [-0.1, -0.05) is 12.1 Å². The lowest BCUT2D eigenvalue weighted by Crippen LogP contribution is -2.34. The second-order valence-corrected chi connectivity index (χ2v) is 3.70. The van der Waals surface area contributed by atoms with Crippen LogP contribution in [-0.2, 0) is 16.1 Å². The molecule has 0 unspecified atom stereocenters. The average Bonchev–Trinajstić information content (AvgIpc) is 2.37. The third-order valence-electron chi connectivity index (χ3n) is 2.40. The number of esters is 1. The normalized spacial score (nSPS) is 11.9. The van der Waals surface area contributed by atoms with Crippen LogP contribution in [0.1, 0.15) is 19.4 Å². The molecule has 94 valence electrons. The molecule has 0 aliphatic heterocycles. The molecular weight excluding hydrogens is 218 g/mol. The molecule has 1 N–H and O–H groups in total. The number of carbonyl (C=O) groups excluding carboxylic acids is 1. The molecule has 0 fully saturated rings. The highest BCUT2D eigenvalue weighted by Crippen LogP contribution is 2.11. The van der Waals surface area contributed by atoms with Gasteiger partial charge in [0, 0.05) is 6.54 Å². The number of methoxy groups -OCH3 is 1. The lowest BCUT2D eigenvalue weighted by molar-refractivity contribution is -0.142. The van der Waals surface area contributed by atoms with Crippen LogP contribution in [0.3, 0.4) is 0 Å². The first-order chi connectivity index (χ1) is 8.17. The largest absolute Gasteiger partial charge is 0.494 e. The second-order valence-electron chi connectivity index (χ2n) is 3.70. The molecule has 0 aromatic heterocycles. The molecular formula is C13H19NO3. The summed E-state index contributed by atoms with van der Waals surface area (Å²) in [5.74, 6) is 0.605. The molecule has 0 saturated carbocycles. The van der Waals surface area contributed by atoms with Gasteiger partial charge in [-0.05, 0) is 31.5 Å². The Morgan fingerprint density at radius 2 is 2.00 bits per heavy atom. The number of benzene rings is 1. The van der Waals surface area contributed by atoms with Crippen LogP contribution in [0.15, 0.2) is 24.3 Å². The Kier molecular flexibility index (Phi) is 5.49. The summed E-state index contributed by atoms with van der Waals surface area (Å²) < 4.78 is 9.98. The Morgan fingerprint density at radius 3 is 2.53 bits per heavy atom. The van der Waals surface area contributed by atoms with Crippen LogP contribution < -0.4 is 10.1 Å². The number of ether oxygens (including phenoxy) is 2. The molecule has 1 atom stereocenters. The fourth-order valence-corrected chi connectivity index (χ4v) is 1.40. The third kappa shape index (κ3) is 4.44. The molecule has 1 rings (SSSR count). The summed E-state index contributed by atoms with van der Waals surface area (Å²) >= 11 is 0. The van der Waals surface area contributed by atoms with E-state index >= 15 is 0 Å². The van der Waals surface area contributed by atoms with Crippen LogP contribution in [0.5, 0.6) is 5.75 Å². The van der Waals surface area contributed by atoms with Crippen molar-refractivity contribution in [2.24, 2.45) is 0 Å². The highest BCUT2D eigenvalue weighted by Gasteiger charge is 2.11. The molecule has 0 bridgehead atoms. The van der Waals surface area contributed by atoms with Crippen molar-refractivity contribution in [1.82, 2.24) is 5.32 Å². The maximum Gasteiger partial charge on any atom is 0.322 e. The number of nitrogens with one attached hydrogen (secondary N) is 1. The zero-order valence-corrected chi connectivity index (χ0v) is 10.5. The van der Waals surface area contributed by atoms with Gasteiger partial charge >= 0.3 is 5.97 Å². The molecule has 17 heavy (non-hydrogen) atoms. The standard InChI is InChI=1S/C13H19NO3/c1-4-17-12-7-5-11(6-8-12)9-14-10(2)13(15)16-3/h5-8,10,14H,4,9H2,1-3H3/t10-/m0/s1. The van der Waals surface area contributed by atoms with E-state index in [1.54, 1.807) is 6.92 Å². The van der Waals surface area contributed by atoms with E-state index in [0.29, 0.717) is 13.2 Å². The highest BCUT2D eigenvalue weighted by molar-refractivity contribution is 5.75. The van der Waals surface area contributed by atoms with E-state index < -0.39 is 0 Å². The van der Waals surface area contributed by atoms with Crippen molar-refractivity contribution >= 4 is 5.97 Å². The SMILES string of the molecule is CCOc1ccc(CN[C@@H](C)C(=O)OC)cc1. The summed E-state index contributed by atoms with van der Waals surface area (Å²) in [6, 6.07) is 7.49. The van der Waals surface area contributed by atoms with Crippen LogP contribution in [0, 0.1) is 0 Å². The quantitative estimate of drug-likeness (QED) is 0.765.